The Balaban J connectivity index is 1.36. The zero-order chi connectivity index (χ0) is 29.0. The van der Waals surface area contributed by atoms with Crippen LogP contribution >= 0.6 is 0 Å². The van der Waals surface area contributed by atoms with Crippen LogP contribution in [0.2, 0.25) is 0 Å². The summed E-state index contributed by atoms with van der Waals surface area (Å²) in [7, 11) is 0. The normalized spacial score (nSPS) is 25.3. The van der Waals surface area contributed by atoms with Gasteiger partial charge in [0.2, 0.25) is 0 Å². The molecule has 3 aliphatic rings. The minimum Gasteiger partial charge on any atom is -0.512 e. The van der Waals surface area contributed by atoms with Crippen molar-refractivity contribution in [3.8, 4) is 0 Å². The van der Waals surface area contributed by atoms with E-state index in [1.54, 1.807) is 0 Å². The molecule has 2 aromatic rings. The van der Waals surface area contributed by atoms with Crippen LogP contribution in [0.4, 0.5) is 5.69 Å². The first-order chi connectivity index (χ1) is 19.7. The van der Waals surface area contributed by atoms with E-state index >= 15 is 0 Å². The van der Waals surface area contributed by atoms with Crippen LogP contribution in [0, 0.1) is 23.2 Å². The molecular weight excluding hydrogens is 502 g/mol. The molecular formula is C38H51NO2. The molecule has 4 atom stereocenters. The first kappa shape index (κ1) is 29.7. The Kier molecular flexibility index (Phi) is 9.14. The predicted molar refractivity (Wildman–Crippen MR) is 172 cm³/mol. The molecule has 0 spiro atoms. The average molecular weight is 554 g/mol. The first-order valence-electron chi connectivity index (χ1n) is 16.0. The second-order valence-electron chi connectivity index (χ2n) is 13.8. The van der Waals surface area contributed by atoms with Crippen LogP contribution in [0.3, 0.4) is 0 Å². The van der Waals surface area contributed by atoms with E-state index in [-0.39, 0.29) is 23.0 Å². The van der Waals surface area contributed by atoms with E-state index in [1.807, 2.05) is 0 Å². The summed E-state index contributed by atoms with van der Waals surface area (Å²) in [5.74, 6) is 1.31. The van der Waals surface area contributed by atoms with Gasteiger partial charge in [0.15, 0.2) is 0 Å². The van der Waals surface area contributed by atoms with Gasteiger partial charge in [-0.2, -0.15) is 0 Å². The number of hydrogen-bond acceptors (Lipinski definition) is 3. The molecule has 1 aliphatic heterocycles. The second-order valence-corrected chi connectivity index (χ2v) is 13.8. The lowest BCUT2D eigenvalue weighted by Gasteiger charge is -2.54. The van der Waals surface area contributed by atoms with Gasteiger partial charge in [-0.15, -0.1) is 0 Å². The lowest BCUT2D eigenvalue weighted by molar-refractivity contribution is -0.177. The maximum absolute atomic E-state index is 11.6. The highest BCUT2D eigenvalue weighted by Crippen LogP contribution is 2.53. The number of para-hydroxylation sites is 1. The number of allylic oxidation sites excluding steroid dienone is 3. The number of aliphatic hydroxyl groups excluding tert-OH is 1. The fraction of sp³-hybridized carbons (Fsp3) is 0.526. The Labute approximate surface area is 249 Å². The molecule has 1 heterocycles. The quantitative estimate of drug-likeness (QED) is 0.222. The van der Waals surface area contributed by atoms with Crippen LogP contribution in [-0.4, -0.2) is 23.4 Å². The van der Waals surface area contributed by atoms with Gasteiger partial charge in [0.25, 0.3) is 0 Å². The van der Waals surface area contributed by atoms with E-state index in [2.05, 4.69) is 118 Å². The van der Waals surface area contributed by atoms with Crippen molar-refractivity contribution in [2.45, 2.75) is 97.8 Å². The van der Waals surface area contributed by atoms with Gasteiger partial charge < -0.3 is 14.7 Å². The molecule has 0 radical (unpaired) electrons. The third-order valence-corrected chi connectivity index (χ3v) is 9.98. The SMILES string of the molecule is CCCCCCC(C)(C)C1=CC2OC(C)(C)[C@H]3CC=C(CN(Cc4ccccc4)c4ccccc4)CC3[C@@H]2C(O)=C1. The maximum atomic E-state index is 11.6. The van der Waals surface area contributed by atoms with E-state index in [1.165, 1.54) is 48.1 Å². The number of aliphatic hydroxyl groups is 1. The summed E-state index contributed by atoms with van der Waals surface area (Å²) in [5, 5.41) is 11.6. The number of benzene rings is 2. The van der Waals surface area contributed by atoms with Crippen molar-refractivity contribution in [1.29, 1.82) is 0 Å². The van der Waals surface area contributed by atoms with Gasteiger partial charge in [0.1, 0.15) is 0 Å². The molecule has 220 valence electrons. The second kappa shape index (κ2) is 12.6. The number of fused-ring (bicyclic) bond motifs is 3. The van der Waals surface area contributed by atoms with E-state index in [9.17, 15) is 5.11 Å². The van der Waals surface area contributed by atoms with Gasteiger partial charge in [0, 0.05) is 24.7 Å². The average Bonchev–Trinajstić information content (AvgIpc) is 2.95. The van der Waals surface area contributed by atoms with Crippen molar-refractivity contribution in [1.82, 2.24) is 0 Å². The van der Waals surface area contributed by atoms with Gasteiger partial charge in [-0.1, -0.05) is 113 Å². The molecule has 1 saturated heterocycles. The predicted octanol–water partition coefficient (Wildman–Crippen LogP) is 9.82. The summed E-state index contributed by atoms with van der Waals surface area (Å²) in [5.41, 5.74) is 5.08. The Morgan fingerprint density at radius 1 is 0.951 bits per heavy atom. The van der Waals surface area contributed by atoms with Crippen LogP contribution in [0.15, 0.2) is 95.8 Å². The number of nitrogens with zero attached hydrogens (tertiary/aromatic N) is 1. The van der Waals surface area contributed by atoms with Crippen molar-refractivity contribution in [2.24, 2.45) is 23.2 Å². The van der Waals surface area contributed by atoms with Gasteiger partial charge >= 0.3 is 0 Å². The molecule has 0 bridgehead atoms. The van der Waals surface area contributed by atoms with Crippen molar-refractivity contribution in [3.05, 3.63) is 101 Å². The van der Waals surface area contributed by atoms with Gasteiger partial charge in [-0.3, -0.25) is 0 Å². The molecule has 2 aromatic carbocycles. The molecule has 1 fully saturated rings. The zero-order valence-corrected chi connectivity index (χ0v) is 26.0. The van der Waals surface area contributed by atoms with Crippen molar-refractivity contribution >= 4 is 5.69 Å². The van der Waals surface area contributed by atoms with Gasteiger partial charge in [-0.05, 0) is 79.7 Å². The number of rotatable bonds is 11. The summed E-state index contributed by atoms with van der Waals surface area (Å²) >= 11 is 0. The summed E-state index contributed by atoms with van der Waals surface area (Å²) in [6.45, 7) is 13.2. The Morgan fingerprint density at radius 2 is 1.66 bits per heavy atom. The van der Waals surface area contributed by atoms with E-state index in [0.29, 0.717) is 17.6 Å². The molecule has 2 unspecified atom stereocenters. The third-order valence-electron chi connectivity index (χ3n) is 9.98. The highest BCUT2D eigenvalue weighted by Gasteiger charge is 2.52. The topological polar surface area (TPSA) is 32.7 Å². The standard InChI is InChI=1S/C38H51NO2/c1-6-7-8-15-22-37(2,3)30-24-34(40)36-32-23-29(20-21-33(32)38(4,5)41-35(36)25-30)27-39(31-18-13-10-14-19-31)26-28-16-11-9-12-17-28/h9-14,16-20,24-25,32-33,35-36,40H,6-8,15,21-23,26-27H2,1-5H3/t32?,33-,35?,36+/m0/s1. The smallest absolute Gasteiger partial charge is 0.0988 e. The lowest BCUT2D eigenvalue weighted by atomic mass is 9.61. The van der Waals surface area contributed by atoms with Crippen LogP contribution < -0.4 is 4.90 Å². The summed E-state index contributed by atoms with van der Waals surface area (Å²) < 4.78 is 6.83. The largest absolute Gasteiger partial charge is 0.512 e. The van der Waals surface area contributed by atoms with Crippen molar-refractivity contribution < 1.29 is 9.84 Å². The highest BCUT2D eigenvalue weighted by atomic mass is 16.5. The summed E-state index contributed by atoms with van der Waals surface area (Å²) in [6.07, 6.45) is 15.1. The first-order valence-corrected chi connectivity index (χ1v) is 16.0. The van der Waals surface area contributed by atoms with E-state index < -0.39 is 0 Å². The fourth-order valence-electron chi connectivity index (χ4n) is 7.55. The molecule has 3 heteroatoms. The maximum Gasteiger partial charge on any atom is 0.0988 e. The molecule has 0 amide bonds. The zero-order valence-electron chi connectivity index (χ0n) is 26.0. The number of anilines is 1. The highest BCUT2D eigenvalue weighted by molar-refractivity contribution is 5.48. The van der Waals surface area contributed by atoms with E-state index in [0.717, 1.165) is 32.4 Å². The van der Waals surface area contributed by atoms with Crippen LogP contribution in [0.1, 0.15) is 85.1 Å². The molecule has 1 N–H and O–H groups in total. The molecule has 2 aliphatic carbocycles. The molecule has 3 nitrogen and oxygen atoms in total. The van der Waals surface area contributed by atoms with E-state index in [4.69, 9.17) is 4.74 Å². The Hall–Kier alpha value is -2.78. The summed E-state index contributed by atoms with van der Waals surface area (Å²) in [6, 6.07) is 21.5. The Bertz CT molecular complexity index is 1240. The molecule has 41 heavy (non-hydrogen) atoms. The number of ether oxygens (including phenoxy) is 1. The number of hydrogen-bond donors (Lipinski definition) is 1. The van der Waals surface area contributed by atoms with Crippen molar-refractivity contribution in [3.63, 3.8) is 0 Å². The molecule has 0 aromatic heterocycles. The fourth-order valence-corrected chi connectivity index (χ4v) is 7.55. The van der Waals surface area contributed by atoms with Gasteiger partial charge in [-0.25, -0.2) is 0 Å². The monoisotopic (exact) mass is 553 g/mol. The minimum absolute atomic E-state index is 0.0238. The van der Waals surface area contributed by atoms with Crippen molar-refractivity contribution in [2.75, 3.05) is 11.4 Å². The minimum atomic E-state index is -0.235. The molecule has 0 saturated carbocycles. The third kappa shape index (κ3) is 6.83. The van der Waals surface area contributed by atoms with Crippen LogP contribution in [-0.2, 0) is 11.3 Å². The van der Waals surface area contributed by atoms with Crippen LogP contribution in [0.25, 0.3) is 0 Å². The Morgan fingerprint density at radius 3 is 2.37 bits per heavy atom. The van der Waals surface area contributed by atoms with Crippen LogP contribution in [0.5, 0.6) is 0 Å². The number of unbranched alkanes of at least 4 members (excludes halogenated alkanes) is 3. The molecule has 5 rings (SSSR count). The summed E-state index contributed by atoms with van der Waals surface area (Å²) in [4.78, 5) is 2.50. The van der Waals surface area contributed by atoms with Gasteiger partial charge in [0.05, 0.1) is 17.5 Å². The lowest BCUT2D eigenvalue weighted by Crippen LogP contribution is -2.55.